The van der Waals surface area contributed by atoms with E-state index in [1.165, 1.54) is 7.11 Å². The molecule has 116 valence electrons. The Kier molecular flexibility index (Phi) is 5.38. The molecular weight excluding hydrogens is 284 g/mol. The molecule has 5 nitrogen and oxygen atoms in total. The molecule has 0 radical (unpaired) electrons. The zero-order valence-electron chi connectivity index (χ0n) is 12.5. The molecule has 0 unspecified atom stereocenters. The lowest BCUT2D eigenvalue weighted by molar-refractivity contribution is -0.139. The number of aromatic hydroxyl groups is 1. The Balaban J connectivity index is 2.40. The van der Waals surface area contributed by atoms with Crippen LogP contribution in [0.25, 0.3) is 11.1 Å². The maximum Gasteiger partial charge on any atom is 0.310 e. The summed E-state index contributed by atoms with van der Waals surface area (Å²) in [5.74, 6) is 0.357. The predicted octanol–water partition coefficient (Wildman–Crippen LogP) is 2.76. The molecule has 0 aliphatic rings. The number of carbonyl (C=O) groups is 1. The molecule has 0 aliphatic carbocycles. The van der Waals surface area contributed by atoms with Crippen molar-refractivity contribution >= 4 is 5.97 Å². The number of carbonyl (C=O) groups excluding carboxylic acids is 1. The van der Waals surface area contributed by atoms with Crippen LogP contribution in [0.1, 0.15) is 5.56 Å². The van der Waals surface area contributed by atoms with Gasteiger partial charge in [0.05, 0.1) is 13.5 Å². The maximum atomic E-state index is 11.5. The van der Waals surface area contributed by atoms with Crippen LogP contribution in [0, 0.1) is 0 Å². The maximum absolute atomic E-state index is 11.5. The van der Waals surface area contributed by atoms with E-state index >= 15 is 0 Å². The number of rotatable bonds is 6. The van der Waals surface area contributed by atoms with E-state index in [0.717, 1.165) is 5.56 Å². The third-order valence-electron chi connectivity index (χ3n) is 3.16. The van der Waals surface area contributed by atoms with Crippen LogP contribution in [0.3, 0.4) is 0 Å². The number of benzene rings is 2. The third-order valence-corrected chi connectivity index (χ3v) is 3.16. The second-order valence-electron chi connectivity index (χ2n) is 4.64. The molecule has 0 aromatic heterocycles. The molecule has 0 saturated heterocycles. The average molecular weight is 302 g/mol. The first-order valence-electron chi connectivity index (χ1n) is 6.75. The number of hydrogen-bond acceptors (Lipinski definition) is 5. The van der Waals surface area contributed by atoms with E-state index in [-0.39, 0.29) is 24.9 Å². The van der Waals surface area contributed by atoms with Crippen molar-refractivity contribution in [1.82, 2.24) is 0 Å². The Morgan fingerprint density at radius 2 is 1.91 bits per heavy atom. The molecular formula is C17H18O5. The summed E-state index contributed by atoms with van der Waals surface area (Å²) in [6.45, 7) is 0.138. The van der Waals surface area contributed by atoms with Gasteiger partial charge in [-0.25, -0.2) is 0 Å². The molecule has 5 heteroatoms. The molecule has 22 heavy (non-hydrogen) atoms. The second-order valence-corrected chi connectivity index (χ2v) is 4.64. The second kappa shape index (κ2) is 7.47. The highest BCUT2D eigenvalue weighted by atomic mass is 16.7. The first-order valence-corrected chi connectivity index (χ1v) is 6.75. The van der Waals surface area contributed by atoms with Crippen molar-refractivity contribution < 1.29 is 24.1 Å². The van der Waals surface area contributed by atoms with Crippen LogP contribution in [0.4, 0.5) is 0 Å². The molecule has 0 fully saturated rings. The number of phenolic OH excluding ortho intramolecular Hbond substituents is 1. The minimum absolute atomic E-state index is 0.0867. The van der Waals surface area contributed by atoms with Crippen LogP contribution in [0.15, 0.2) is 42.5 Å². The van der Waals surface area contributed by atoms with Gasteiger partial charge >= 0.3 is 5.97 Å². The minimum Gasteiger partial charge on any atom is -0.507 e. The van der Waals surface area contributed by atoms with E-state index in [4.69, 9.17) is 14.2 Å². The summed E-state index contributed by atoms with van der Waals surface area (Å²) in [5.41, 5.74) is 2.04. The molecule has 2 rings (SSSR count). The summed E-state index contributed by atoms with van der Waals surface area (Å²) in [6.07, 6.45) is 0.0867. The highest BCUT2D eigenvalue weighted by Crippen LogP contribution is 2.34. The molecule has 0 amide bonds. The van der Waals surface area contributed by atoms with Gasteiger partial charge in [0.2, 0.25) is 0 Å². The fraction of sp³-hybridized carbons (Fsp3) is 0.235. The van der Waals surface area contributed by atoms with Gasteiger partial charge in [-0.1, -0.05) is 24.3 Å². The van der Waals surface area contributed by atoms with Crippen molar-refractivity contribution in [3.63, 3.8) is 0 Å². The average Bonchev–Trinajstić information content (AvgIpc) is 2.53. The van der Waals surface area contributed by atoms with Gasteiger partial charge in [-0.15, -0.1) is 0 Å². The number of methoxy groups -OCH3 is 2. The number of esters is 1. The van der Waals surface area contributed by atoms with Crippen LogP contribution in [0.2, 0.25) is 0 Å². The highest BCUT2D eigenvalue weighted by molar-refractivity contribution is 5.81. The van der Waals surface area contributed by atoms with E-state index in [2.05, 4.69) is 0 Å². The first-order chi connectivity index (χ1) is 10.7. The summed E-state index contributed by atoms with van der Waals surface area (Å²) in [7, 11) is 2.88. The summed E-state index contributed by atoms with van der Waals surface area (Å²) in [5, 5.41) is 10.2. The van der Waals surface area contributed by atoms with Gasteiger partial charge in [-0.3, -0.25) is 4.79 Å². The molecule has 2 aromatic carbocycles. The molecule has 0 atom stereocenters. The zero-order chi connectivity index (χ0) is 15.9. The lowest BCUT2D eigenvalue weighted by Gasteiger charge is -2.12. The standard InChI is InChI=1S/C17H18O5/c1-20-11-22-14-7-3-5-12(9-14)17-13(10-16(19)21-2)6-4-8-15(17)18/h3-9,18H,10-11H2,1-2H3. The van der Waals surface area contributed by atoms with Crippen LogP contribution < -0.4 is 4.74 Å². The zero-order valence-corrected chi connectivity index (χ0v) is 12.5. The summed E-state index contributed by atoms with van der Waals surface area (Å²) >= 11 is 0. The van der Waals surface area contributed by atoms with Crippen molar-refractivity contribution in [3.05, 3.63) is 48.0 Å². The Labute approximate surface area is 129 Å². The Morgan fingerprint density at radius 1 is 1.14 bits per heavy atom. The van der Waals surface area contributed by atoms with Gasteiger partial charge in [0.25, 0.3) is 0 Å². The molecule has 2 aromatic rings. The van der Waals surface area contributed by atoms with E-state index in [1.54, 1.807) is 37.4 Å². The Hall–Kier alpha value is -2.53. The van der Waals surface area contributed by atoms with E-state index < -0.39 is 0 Å². The minimum atomic E-state index is -0.362. The number of phenols is 1. The smallest absolute Gasteiger partial charge is 0.310 e. The van der Waals surface area contributed by atoms with Gasteiger partial charge in [-0.2, -0.15) is 0 Å². The summed E-state index contributed by atoms with van der Waals surface area (Å²) in [4.78, 5) is 11.5. The third kappa shape index (κ3) is 3.77. The molecule has 0 saturated carbocycles. The van der Waals surface area contributed by atoms with Crippen molar-refractivity contribution in [2.45, 2.75) is 6.42 Å². The van der Waals surface area contributed by atoms with Gasteiger partial charge in [-0.05, 0) is 29.3 Å². The highest BCUT2D eigenvalue weighted by Gasteiger charge is 2.14. The van der Waals surface area contributed by atoms with Crippen molar-refractivity contribution in [2.75, 3.05) is 21.0 Å². The first kappa shape index (κ1) is 15.9. The van der Waals surface area contributed by atoms with Gasteiger partial charge in [0, 0.05) is 12.7 Å². The fourth-order valence-electron chi connectivity index (χ4n) is 2.16. The van der Waals surface area contributed by atoms with Crippen LogP contribution in [0.5, 0.6) is 11.5 Å². The largest absolute Gasteiger partial charge is 0.507 e. The van der Waals surface area contributed by atoms with Crippen molar-refractivity contribution in [1.29, 1.82) is 0 Å². The lowest BCUT2D eigenvalue weighted by atomic mass is 9.96. The molecule has 1 N–H and O–H groups in total. The van der Waals surface area contributed by atoms with Gasteiger partial charge < -0.3 is 19.3 Å². The van der Waals surface area contributed by atoms with Crippen molar-refractivity contribution in [2.24, 2.45) is 0 Å². The Bertz CT molecular complexity index is 651. The Morgan fingerprint density at radius 3 is 2.64 bits per heavy atom. The van der Waals surface area contributed by atoms with Crippen LogP contribution >= 0.6 is 0 Å². The predicted molar refractivity (Wildman–Crippen MR) is 81.8 cm³/mol. The summed E-state index contributed by atoms with van der Waals surface area (Å²) in [6, 6.07) is 12.3. The normalized spacial score (nSPS) is 10.3. The lowest BCUT2D eigenvalue weighted by Crippen LogP contribution is -2.05. The van der Waals surface area contributed by atoms with E-state index in [1.807, 2.05) is 12.1 Å². The van der Waals surface area contributed by atoms with E-state index in [0.29, 0.717) is 16.9 Å². The topological polar surface area (TPSA) is 65.0 Å². The molecule has 0 bridgehead atoms. The van der Waals surface area contributed by atoms with Gasteiger partial charge in [0.15, 0.2) is 6.79 Å². The van der Waals surface area contributed by atoms with Gasteiger partial charge in [0.1, 0.15) is 11.5 Å². The number of hydrogen-bond donors (Lipinski definition) is 1. The van der Waals surface area contributed by atoms with Crippen molar-refractivity contribution in [3.8, 4) is 22.6 Å². The number of ether oxygens (including phenoxy) is 3. The molecule has 0 aliphatic heterocycles. The summed E-state index contributed by atoms with van der Waals surface area (Å²) < 4.78 is 15.0. The SMILES string of the molecule is COCOc1cccc(-c2c(O)cccc2CC(=O)OC)c1. The monoisotopic (exact) mass is 302 g/mol. The quantitative estimate of drug-likeness (QED) is 0.656. The fourth-order valence-corrected chi connectivity index (χ4v) is 2.16. The van der Waals surface area contributed by atoms with E-state index in [9.17, 15) is 9.90 Å². The molecule has 0 spiro atoms. The molecule has 0 heterocycles. The van der Waals surface area contributed by atoms with Crippen LogP contribution in [-0.2, 0) is 20.7 Å². The van der Waals surface area contributed by atoms with Crippen LogP contribution in [-0.4, -0.2) is 32.1 Å².